The van der Waals surface area contributed by atoms with Crippen molar-refractivity contribution >= 4 is 45.5 Å². The summed E-state index contributed by atoms with van der Waals surface area (Å²) in [4.78, 5) is 8.28. The smallest absolute Gasteiger partial charge is 0.318 e. The van der Waals surface area contributed by atoms with Gasteiger partial charge in [-0.25, -0.2) is 0 Å². The Morgan fingerprint density at radius 3 is 2.17 bits per heavy atom. The van der Waals surface area contributed by atoms with Crippen LogP contribution in [0.25, 0.3) is 28.1 Å². The summed E-state index contributed by atoms with van der Waals surface area (Å²) in [5.74, 6) is 0.863. The molecule has 1 heterocycles. The van der Waals surface area contributed by atoms with E-state index in [0.29, 0.717) is 6.61 Å². The molecule has 0 radical (unpaired) electrons. The molecule has 0 amide bonds. The summed E-state index contributed by atoms with van der Waals surface area (Å²) >= 11 is 4.64. The van der Waals surface area contributed by atoms with Crippen LogP contribution < -0.4 is 14.3 Å². The van der Waals surface area contributed by atoms with Gasteiger partial charge in [-0.3, -0.25) is 4.99 Å². The predicted molar refractivity (Wildman–Crippen MR) is 155 cm³/mol. The second kappa shape index (κ2) is 13.7. The molecule has 1 aromatic heterocycles. The van der Waals surface area contributed by atoms with Gasteiger partial charge in [-0.15, -0.1) is 11.6 Å². The monoisotopic (exact) mass is 505 g/mol. The van der Waals surface area contributed by atoms with E-state index in [1.807, 2.05) is 46.0 Å². The molecule has 0 saturated heterocycles. The van der Waals surface area contributed by atoms with Crippen LogP contribution in [0, 0.1) is 0 Å². The fraction of sp³-hybridized carbons (Fsp3) is 0.323. The summed E-state index contributed by atoms with van der Waals surface area (Å²) in [7, 11) is 3.96. The number of aliphatic imine (C=N–C) groups is 1. The molecule has 0 aliphatic heterocycles. The Labute approximate surface area is 221 Å². The lowest BCUT2D eigenvalue weighted by Crippen LogP contribution is -2.34. The summed E-state index contributed by atoms with van der Waals surface area (Å²) in [6, 6.07) is 23.0. The summed E-state index contributed by atoms with van der Waals surface area (Å²) < 4.78 is 8.10. The average Bonchev–Trinajstić information content (AvgIpc) is 2.93. The number of aromatic amines is 1. The van der Waals surface area contributed by atoms with Crippen LogP contribution >= 0.6 is 11.6 Å². The third-order valence-corrected chi connectivity index (χ3v) is 6.15. The molecule has 0 bridgehead atoms. The Balaban J connectivity index is 0.00000109. The first-order chi connectivity index (χ1) is 17.5. The van der Waals surface area contributed by atoms with Gasteiger partial charge in [-0.1, -0.05) is 70.2 Å². The number of hydrogen-bond donors (Lipinski definition) is 0. The molecule has 5 heteroatoms. The highest BCUT2D eigenvalue weighted by Gasteiger charge is 2.26. The maximum absolute atomic E-state index is 5.89. The molecule has 0 aliphatic rings. The normalized spacial score (nSPS) is 11.6. The van der Waals surface area contributed by atoms with Crippen molar-refractivity contribution in [3.8, 4) is 5.75 Å². The SMILES string of the molecule is CC.CCOc1cccc2c1[nH+]c1c(/C=C/C(=NC)C(C)(C)c3ccccc3)cccc1[n+]2C.CCl. The first-order valence-corrected chi connectivity index (χ1v) is 13.2. The molecular weight excluding hydrogens is 466 g/mol. The molecule has 1 N–H and O–H groups in total. The molecule has 0 aliphatic carbocycles. The Morgan fingerprint density at radius 1 is 0.944 bits per heavy atom. The Kier molecular flexibility index (Phi) is 11.1. The zero-order valence-electron chi connectivity index (χ0n) is 22.9. The van der Waals surface area contributed by atoms with Gasteiger partial charge in [-0.05, 0) is 36.8 Å². The zero-order chi connectivity index (χ0) is 26.7. The van der Waals surface area contributed by atoms with Gasteiger partial charge < -0.3 is 4.74 Å². The lowest BCUT2D eigenvalue weighted by molar-refractivity contribution is -0.623. The number of aromatic nitrogens is 2. The first kappa shape index (κ1) is 29.0. The molecule has 3 aromatic carbocycles. The van der Waals surface area contributed by atoms with E-state index < -0.39 is 0 Å². The predicted octanol–water partition coefficient (Wildman–Crippen LogP) is 6.97. The minimum atomic E-state index is -0.194. The quantitative estimate of drug-likeness (QED) is 0.121. The fourth-order valence-corrected chi connectivity index (χ4v) is 4.30. The number of benzene rings is 3. The number of hydrogen-bond acceptors (Lipinski definition) is 2. The first-order valence-electron chi connectivity index (χ1n) is 12.5. The van der Waals surface area contributed by atoms with Crippen molar-refractivity contribution in [2.45, 2.75) is 40.0 Å². The Bertz CT molecular complexity index is 1330. The van der Waals surface area contributed by atoms with Gasteiger partial charge in [-0.2, -0.15) is 9.55 Å². The highest BCUT2D eigenvalue weighted by atomic mass is 35.5. The molecule has 0 spiro atoms. The van der Waals surface area contributed by atoms with Gasteiger partial charge in [0, 0.05) is 36.7 Å². The number of alkyl halides is 1. The van der Waals surface area contributed by atoms with Crippen molar-refractivity contribution in [1.82, 2.24) is 0 Å². The molecule has 4 rings (SSSR count). The van der Waals surface area contributed by atoms with Gasteiger partial charge in [0.2, 0.25) is 0 Å². The molecule has 4 aromatic rings. The highest BCUT2D eigenvalue weighted by molar-refractivity contribution is 6.15. The molecule has 36 heavy (non-hydrogen) atoms. The van der Waals surface area contributed by atoms with Gasteiger partial charge in [0.25, 0.3) is 16.6 Å². The molecular formula is C31H40ClN3O+2. The van der Waals surface area contributed by atoms with Crippen LogP contribution in [0.4, 0.5) is 0 Å². The summed E-state index contributed by atoms with van der Waals surface area (Å²) in [5, 5.41) is 0. The highest BCUT2D eigenvalue weighted by Crippen LogP contribution is 2.27. The second-order valence-corrected chi connectivity index (χ2v) is 8.44. The van der Waals surface area contributed by atoms with Crippen LogP contribution in [0.15, 0.2) is 77.8 Å². The van der Waals surface area contributed by atoms with Crippen molar-refractivity contribution in [2.24, 2.45) is 12.0 Å². The van der Waals surface area contributed by atoms with E-state index in [4.69, 9.17) is 4.74 Å². The molecule has 190 valence electrons. The lowest BCUT2D eigenvalue weighted by Gasteiger charge is -2.25. The van der Waals surface area contributed by atoms with Crippen LogP contribution in [0.3, 0.4) is 0 Å². The van der Waals surface area contributed by atoms with Gasteiger partial charge in [0.1, 0.15) is 7.05 Å². The Hall–Kier alpha value is -3.24. The van der Waals surface area contributed by atoms with Crippen LogP contribution in [0.5, 0.6) is 5.75 Å². The number of nitrogens with one attached hydrogen (secondary N) is 1. The average molecular weight is 506 g/mol. The van der Waals surface area contributed by atoms with Crippen LogP contribution in [-0.4, -0.2) is 25.7 Å². The maximum atomic E-state index is 5.89. The minimum absolute atomic E-state index is 0.194. The van der Waals surface area contributed by atoms with E-state index in [1.54, 1.807) is 0 Å². The van der Waals surface area contributed by atoms with Crippen molar-refractivity contribution in [1.29, 1.82) is 0 Å². The topological polar surface area (TPSA) is 39.6 Å². The third kappa shape index (κ3) is 6.11. The number of nitrogens with zero attached hydrogens (tertiary/aromatic N) is 2. The van der Waals surface area contributed by atoms with Crippen molar-refractivity contribution in [3.05, 3.63) is 83.9 Å². The fourth-order valence-electron chi connectivity index (χ4n) is 4.30. The minimum Gasteiger partial charge on any atom is -0.487 e. The zero-order valence-corrected chi connectivity index (χ0v) is 23.6. The van der Waals surface area contributed by atoms with E-state index in [2.05, 4.69) is 108 Å². The number of aryl methyl sites for hydroxylation is 1. The van der Waals surface area contributed by atoms with E-state index in [9.17, 15) is 0 Å². The molecule has 0 fully saturated rings. The van der Waals surface area contributed by atoms with Gasteiger partial charge in [0.05, 0.1) is 12.2 Å². The number of allylic oxidation sites excluding steroid dienone is 1. The summed E-state index contributed by atoms with van der Waals surface area (Å²) in [5.41, 5.74) is 7.49. The number of halogens is 1. The standard InChI is InChI=1S/C28H30N3O.C2H6.CH3Cl/c1-6-32-24-17-11-16-23-27(24)30-26-20(12-10-15-22(26)31(23)5)18-19-25(29-4)28(2,3)21-13-8-7-9-14-21;2*1-2/h7-19H,6H2,1-5H3;1-2H3;1H3/q+1;;/p+1/b19-18+,29-25?;;. The van der Waals surface area contributed by atoms with Crippen molar-refractivity contribution in [3.63, 3.8) is 0 Å². The van der Waals surface area contributed by atoms with Gasteiger partial charge >= 0.3 is 5.52 Å². The molecule has 0 unspecified atom stereocenters. The molecule has 0 saturated carbocycles. The van der Waals surface area contributed by atoms with Crippen LogP contribution in [0.2, 0.25) is 0 Å². The number of ether oxygens (including phenoxy) is 1. The third-order valence-electron chi connectivity index (χ3n) is 6.15. The summed E-state index contributed by atoms with van der Waals surface area (Å²) in [6.45, 7) is 11.1. The number of para-hydroxylation sites is 2. The van der Waals surface area contributed by atoms with Gasteiger partial charge in [0.15, 0.2) is 5.75 Å². The van der Waals surface area contributed by atoms with Crippen molar-refractivity contribution < 1.29 is 14.3 Å². The molecule has 4 nitrogen and oxygen atoms in total. The Morgan fingerprint density at radius 2 is 1.56 bits per heavy atom. The number of rotatable bonds is 6. The summed E-state index contributed by atoms with van der Waals surface area (Å²) in [6.07, 6.45) is 5.76. The molecule has 0 atom stereocenters. The van der Waals surface area contributed by atoms with Crippen LogP contribution in [-0.2, 0) is 12.5 Å². The van der Waals surface area contributed by atoms with Crippen molar-refractivity contribution in [2.75, 3.05) is 20.0 Å². The number of H-pyrrole nitrogens is 1. The van der Waals surface area contributed by atoms with E-state index in [1.165, 1.54) is 11.9 Å². The largest absolute Gasteiger partial charge is 0.487 e. The van der Waals surface area contributed by atoms with E-state index in [0.717, 1.165) is 39.1 Å². The van der Waals surface area contributed by atoms with E-state index >= 15 is 0 Å². The second-order valence-electron chi connectivity index (χ2n) is 8.44. The maximum Gasteiger partial charge on any atom is 0.318 e. The van der Waals surface area contributed by atoms with Crippen LogP contribution in [0.1, 0.15) is 45.7 Å². The van der Waals surface area contributed by atoms with E-state index in [-0.39, 0.29) is 5.41 Å². The number of fused-ring (bicyclic) bond motifs is 2. The lowest BCUT2D eigenvalue weighted by atomic mass is 9.79.